The molecule has 5 nitrogen and oxygen atoms in total. The van der Waals surface area contributed by atoms with Gasteiger partial charge in [-0.05, 0) is 25.1 Å². The first-order valence-electron chi connectivity index (χ1n) is 6.01. The molecule has 20 heavy (non-hydrogen) atoms. The van der Waals surface area contributed by atoms with Gasteiger partial charge in [0.1, 0.15) is 11.9 Å². The van der Waals surface area contributed by atoms with Crippen molar-refractivity contribution < 1.29 is 0 Å². The monoisotopic (exact) mass is 263 g/mol. The number of nitrogens with zero attached hydrogens (tertiary/aromatic N) is 4. The predicted molar refractivity (Wildman–Crippen MR) is 78.3 cm³/mol. The van der Waals surface area contributed by atoms with Gasteiger partial charge in [0.25, 0.3) is 0 Å². The van der Waals surface area contributed by atoms with Crippen LogP contribution in [0.2, 0.25) is 0 Å². The Hall–Kier alpha value is -3.00. The minimum atomic E-state index is 0.510. The number of aromatic nitrogens is 3. The van der Waals surface area contributed by atoms with Crippen LogP contribution in [0.1, 0.15) is 12.5 Å². The Morgan fingerprint density at radius 3 is 2.70 bits per heavy atom. The summed E-state index contributed by atoms with van der Waals surface area (Å²) in [5, 5.41) is 13.0. The van der Waals surface area contributed by atoms with Crippen LogP contribution in [0.25, 0.3) is 12.7 Å². The smallest absolute Gasteiger partial charge is 0.150 e. The van der Waals surface area contributed by atoms with Gasteiger partial charge in [0, 0.05) is 6.20 Å². The summed E-state index contributed by atoms with van der Waals surface area (Å²) in [6, 6.07) is 5.41. The van der Waals surface area contributed by atoms with Gasteiger partial charge in [-0.3, -0.25) is 4.98 Å². The lowest BCUT2D eigenvalue weighted by Crippen LogP contribution is -2.30. The molecule has 1 N–H and O–H groups in total. The number of hydrogen-bond acceptors (Lipinski definition) is 5. The molecule has 0 aliphatic carbocycles. The molecule has 0 bridgehead atoms. The van der Waals surface area contributed by atoms with E-state index in [-0.39, 0.29) is 0 Å². The van der Waals surface area contributed by atoms with Gasteiger partial charge in [0.15, 0.2) is 5.82 Å². The lowest BCUT2D eigenvalue weighted by Gasteiger charge is -2.03. The van der Waals surface area contributed by atoms with E-state index in [1.165, 1.54) is 6.20 Å². The lowest BCUT2D eigenvalue weighted by molar-refractivity contribution is 1.10. The molecular formula is C15H13N5. The van der Waals surface area contributed by atoms with Crippen molar-refractivity contribution in [2.75, 3.05) is 5.32 Å². The van der Waals surface area contributed by atoms with Crippen molar-refractivity contribution in [1.29, 1.82) is 5.26 Å². The Labute approximate surface area is 116 Å². The van der Waals surface area contributed by atoms with Gasteiger partial charge in [-0.2, -0.15) is 5.26 Å². The molecule has 0 saturated heterocycles. The fourth-order valence-corrected chi connectivity index (χ4v) is 1.49. The fraction of sp³-hybridized carbons (Fsp3) is 0.0667. The molecule has 2 aromatic heterocycles. The average Bonchev–Trinajstić information content (AvgIpc) is 2.47. The molecule has 0 spiro atoms. The average molecular weight is 263 g/mol. The minimum Gasteiger partial charge on any atom is -0.324 e. The standard InChI is InChI=1S/C15H13N5/c1-3-4-5-13-11(2)19-15(10-17-13)20-14-7-6-12(8-16)9-18-14/h3-7,9-10H,2H2,1H3,(H,18,19,20)/b4-3-,13-5+. The summed E-state index contributed by atoms with van der Waals surface area (Å²) < 4.78 is 0. The summed E-state index contributed by atoms with van der Waals surface area (Å²) >= 11 is 0. The topological polar surface area (TPSA) is 74.5 Å². The lowest BCUT2D eigenvalue weighted by atomic mass is 10.3. The van der Waals surface area contributed by atoms with E-state index in [0.29, 0.717) is 22.5 Å². The van der Waals surface area contributed by atoms with Crippen molar-refractivity contribution >= 4 is 24.3 Å². The molecular weight excluding hydrogens is 250 g/mol. The van der Waals surface area contributed by atoms with Gasteiger partial charge in [-0.25, -0.2) is 9.97 Å². The third-order valence-electron chi connectivity index (χ3n) is 2.47. The Bertz CT molecular complexity index is 769. The zero-order chi connectivity index (χ0) is 14.4. The first-order valence-corrected chi connectivity index (χ1v) is 6.01. The quantitative estimate of drug-likeness (QED) is 0.902. The van der Waals surface area contributed by atoms with E-state index in [2.05, 4.69) is 26.8 Å². The van der Waals surface area contributed by atoms with Gasteiger partial charge in [0.2, 0.25) is 0 Å². The molecule has 0 amide bonds. The molecule has 0 fully saturated rings. The number of rotatable bonds is 3. The van der Waals surface area contributed by atoms with Crippen molar-refractivity contribution in [3.8, 4) is 6.07 Å². The number of pyridine rings is 1. The summed E-state index contributed by atoms with van der Waals surface area (Å²) in [7, 11) is 0. The zero-order valence-electron chi connectivity index (χ0n) is 11.0. The van der Waals surface area contributed by atoms with Gasteiger partial charge in [-0.15, -0.1) is 0 Å². The maximum absolute atomic E-state index is 8.71. The van der Waals surface area contributed by atoms with Crippen LogP contribution in [0, 0.1) is 11.3 Å². The van der Waals surface area contributed by atoms with Crippen LogP contribution in [0.3, 0.4) is 0 Å². The van der Waals surface area contributed by atoms with Crippen molar-refractivity contribution in [3.05, 3.63) is 52.9 Å². The van der Waals surface area contributed by atoms with Gasteiger partial charge >= 0.3 is 0 Å². The third kappa shape index (κ3) is 3.27. The van der Waals surface area contributed by atoms with Crippen LogP contribution >= 0.6 is 0 Å². The van der Waals surface area contributed by atoms with Crippen LogP contribution < -0.4 is 16.0 Å². The molecule has 0 atom stereocenters. The van der Waals surface area contributed by atoms with E-state index in [0.717, 1.165) is 5.35 Å². The summed E-state index contributed by atoms with van der Waals surface area (Å²) in [4.78, 5) is 12.7. The summed E-state index contributed by atoms with van der Waals surface area (Å²) in [5.74, 6) is 1.16. The summed E-state index contributed by atoms with van der Waals surface area (Å²) in [5.41, 5.74) is 0.510. The van der Waals surface area contributed by atoms with E-state index in [4.69, 9.17) is 5.26 Å². The molecule has 98 valence electrons. The molecule has 2 rings (SSSR count). The third-order valence-corrected chi connectivity index (χ3v) is 2.47. The highest BCUT2D eigenvalue weighted by atomic mass is 15.1. The largest absolute Gasteiger partial charge is 0.324 e. The predicted octanol–water partition coefficient (Wildman–Crippen LogP) is 1.25. The second-order valence-corrected chi connectivity index (χ2v) is 3.95. The van der Waals surface area contributed by atoms with E-state index in [1.54, 1.807) is 18.3 Å². The molecule has 2 heterocycles. The Kier molecular flexibility index (Phi) is 4.20. The highest BCUT2D eigenvalue weighted by Gasteiger charge is 1.98. The van der Waals surface area contributed by atoms with Crippen molar-refractivity contribution in [3.63, 3.8) is 0 Å². The molecule has 0 radical (unpaired) electrons. The van der Waals surface area contributed by atoms with Crippen molar-refractivity contribution in [2.24, 2.45) is 0 Å². The second-order valence-electron chi connectivity index (χ2n) is 3.95. The Morgan fingerprint density at radius 2 is 2.10 bits per heavy atom. The van der Waals surface area contributed by atoms with Gasteiger partial charge in [0.05, 0.1) is 22.5 Å². The molecule has 0 unspecified atom stereocenters. The molecule has 0 aliphatic heterocycles. The number of hydrogen-bond donors (Lipinski definition) is 1. The van der Waals surface area contributed by atoms with Gasteiger partial charge < -0.3 is 5.32 Å². The normalized spacial score (nSPS) is 11.5. The van der Waals surface area contributed by atoms with E-state index >= 15 is 0 Å². The van der Waals surface area contributed by atoms with Crippen molar-refractivity contribution in [2.45, 2.75) is 6.92 Å². The van der Waals surface area contributed by atoms with Crippen LogP contribution in [0.15, 0.2) is 36.7 Å². The first-order chi connectivity index (χ1) is 9.72. The maximum Gasteiger partial charge on any atom is 0.150 e. The van der Waals surface area contributed by atoms with Crippen LogP contribution in [0.5, 0.6) is 0 Å². The molecule has 5 heteroatoms. The Balaban J connectivity index is 2.24. The summed E-state index contributed by atoms with van der Waals surface area (Å²) in [6.07, 6.45) is 8.75. The number of anilines is 2. The number of allylic oxidation sites excluding steroid dienone is 2. The first kappa shape index (κ1) is 13.4. The molecule has 0 aromatic carbocycles. The zero-order valence-corrected chi connectivity index (χ0v) is 11.0. The van der Waals surface area contributed by atoms with Crippen LogP contribution in [-0.2, 0) is 0 Å². The Morgan fingerprint density at radius 1 is 1.25 bits per heavy atom. The number of nitrogens with one attached hydrogen (secondary N) is 1. The summed E-state index contributed by atoms with van der Waals surface area (Å²) in [6.45, 7) is 5.79. The number of nitriles is 1. The highest BCUT2D eigenvalue weighted by molar-refractivity contribution is 5.51. The SMILES string of the molecule is C=c1nc(Nc2ccc(C#N)cn2)cn/c1=C/C=C\C. The van der Waals surface area contributed by atoms with Crippen molar-refractivity contribution in [1.82, 2.24) is 15.0 Å². The van der Waals surface area contributed by atoms with E-state index in [1.807, 2.05) is 31.2 Å². The van der Waals surface area contributed by atoms with E-state index in [9.17, 15) is 0 Å². The molecule has 0 aliphatic rings. The van der Waals surface area contributed by atoms with E-state index < -0.39 is 0 Å². The highest BCUT2D eigenvalue weighted by Crippen LogP contribution is 2.09. The van der Waals surface area contributed by atoms with Gasteiger partial charge in [-0.1, -0.05) is 18.7 Å². The minimum absolute atomic E-state index is 0.510. The molecule has 2 aromatic rings. The maximum atomic E-state index is 8.71. The van der Waals surface area contributed by atoms with Crippen LogP contribution in [0.4, 0.5) is 11.6 Å². The second kappa shape index (κ2) is 6.25. The fourth-order valence-electron chi connectivity index (χ4n) is 1.49. The van der Waals surface area contributed by atoms with Crippen LogP contribution in [-0.4, -0.2) is 15.0 Å². The molecule has 0 saturated carbocycles.